The van der Waals surface area contributed by atoms with Gasteiger partial charge in [0, 0.05) is 4.47 Å². The summed E-state index contributed by atoms with van der Waals surface area (Å²) in [6.45, 7) is 0.416. The fraction of sp³-hybridized carbons (Fsp3) is 0.273. The van der Waals surface area contributed by atoms with Gasteiger partial charge in [0.1, 0.15) is 19.1 Å². The summed E-state index contributed by atoms with van der Waals surface area (Å²) in [5, 5.41) is 8.61. The maximum Gasteiger partial charge on any atom is 0.312 e. The molecule has 2 rings (SSSR count). The third-order valence-electron chi connectivity index (χ3n) is 2.24. The van der Waals surface area contributed by atoms with Gasteiger partial charge in [0.2, 0.25) is 0 Å². The van der Waals surface area contributed by atoms with E-state index in [-0.39, 0.29) is 12.5 Å². The van der Waals surface area contributed by atoms with Crippen LogP contribution in [0.15, 0.2) is 33.7 Å². The molecule has 1 unspecified atom stereocenters. The molecule has 1 aromatic carbocycles. The minimum atomic E-state index is -0.923. The molecule has 0 saturated carbocycles. The van der Waals surface area contributed by atoms with Crippen molar-refractivity contribution in [2.24, 2.45) is 4.99 Å². The minimum absolute atomic E-state index is 0.0909. The van der Waals surface area contributed by atoms with Crippen LogP contribution in [0.4, 0.5) is 0 Å². The number of hydrogen-bond donors (Lipinski definition) is 1. The first-order valence-electron chi connectivity index (χ1n) is 4.82. The number of carboxylic acids is 1. The van der Waals surface area contributed by atoms with Crippen LogP contribution in [0.2, 0.25) is 0 Å². The second kappa shape index (κ2) is 4.65. The molecule has 1 aliphatic heterocycles. The van der Waals surface area contributed by atoms with Crippen molar-refractivity contribution in [1.82, 2.24) is 0 Å². The Morgan fingerprint density at radius 3 is 3.12 bits per heavy atom. The highest BCUT2D eigenvalue weighted by Gasteiger charge is 2.21. The van der Waals surface area contributed by atoms with Crippen LogP contribution in [0, 0.1) is 0 Å². The molecule has 0 aromatic heterocycles. The average molecular weight is 284 g/mol. The van der Waals surface area contributed by atoms with Crippen molar-refractivity contribution in [3.05, 3.63) is 34.3 Å². The van der Waals surface area contributed by atoms with E-state index in [0.29, 0.717) is 12.5 Å². The van der Waals surface area contributed by atoms with E-state index in [0.717, 1.165) is 10.0 Å². The molecule has 1 aliphatic rings. The molecule has 0 bridgehead atoms. The molecular formula is C11H10BrNO3. The summed E-state index contributed by atoms with van der Waals surface area (Å²) < 4.78 is 6.20. The highest BCUT2D eigenvalue weighted by Crippen LogP contribution is 2.25. The smallest absolute Gasteiger partial charge is 0.312 e. The van der Waals surface area contributed by atoms with E-state index in [9.17, 15) is 4.79 Å². The van der Waals surface area contributed by atoms with Gasteiger partial charge in [0.05, 0.1) is 0 Å². The van der Waals surface area contributed by atoms with Crippen LogP contribution in [-0.4, -0.2) is 23.6 Å². The number of carbonyl (C=O) groups is 1. The number of nitrogens with zero attached hydrogens (tertiary/aromatic N) is 1. The van der Waals surface area contributed by atoms with Crippen LogP contribution in [0.5, 0.6) is 0 Å². The van der Waals surface area contributed by atoms with Gasteiger partial charge in [0.25, 0.3) is 0 Å². The quantitative estimate of drug-likeness (QED) is 0.927. The molecule has 5 heteroatoms. The van der Waals surface area contributed by atoms with E-state index in [4.69, 9.17) is 9.84 Å². The van der Waals surface area contributed by atoms with Crippen molar-refractivity contribution < 1.29 is 14.6 Å². The topological polar surface area (TPSA) is 58.9 Å². The van der Waals surface area contributed by atoms with Crippen molar-refractivity contribution in [1.29, 1.82) is 0 Å². The summed E-state index contributed by atoms with van der Waals surface area (Å²) in [5.74, 6) is -0.619. The van der Waals surface area contributed by atoms with Crippen LogP contribution in [0.3, 0.4) is 0 Å². The Labute approximate surface area is 101 Å². The standard InChI is InChI=1S/C11H10BrNO3/c12-8-3-1-2-7(4-8)9-6-16-10(13-9)5-11(14)15/h1-4,9H,5-6H2,(H,14,15). The zero-order chi connectivity index (χ0) is 11.5. The zero-order valence-corrected chi connectivity index (χ0v) is 9.98. The third kappa shape index (κ3) is 2.61. The predicted molar refractivity (Wildman–Crippen MR) is 62.5 cm³/mol. The Morgan fingerprint density at radius 1 is 1.62 bits per heavy atom. The molecule has 1 aromatic rings. The van der Waals surface area contributed by atoms with E-state index in [1.54, 1.807) is 0 Å². The van der Waals surface area contributed by atoms with E-state index in [2.05, 4.69) is 20.9 Å². The molecule has 4 nitrogen and oxygen atoms in total. The van der Waals surface area contributed by atoms with Gasteiger partial charge < -0.3 is 9.84 Å². The SMILES string of the molecule is O=C(O)CC1=NC(c2cccc(Br)c2)CO1. The van der Waals surface area contributed by atoms with Crippen molar-refractivity contribution in [3.63, 3.8) is 0 Å². The van der Waals surface area contributed by atoms with Gasteiger partial charge in [-0.1, -0.05) is 28.1 Å². The molecule has 84 valence electrons. The van der Waals surface area contributed by atoms with E-state index >= 15 is 0 Å². The summed E-state index contributed by atoms with van der Waals surface area (Å²) in [7, 11) is 0. The fourth-order valence-corrected chi connectivity index (χ4v) is 1.95. The molecule has 0 spiro atoms. The minimum Gasteiger partial charge on any atom is -0.481 e. The predicted octanol–water partition coefficient (Wildman–Crippen LogP) is 2.39. The van der Waals surface area contributed by atoms with E-state index < -0.39 is 5.97 Å². The first-order valence-corrected chi connectivity index (χ1v) is 5.61. The van der Waals surface area contributed by atoms with Crippen LogP contribution >= 0.6 is 15.9 Å². The average Bonchev–Trinajstić information content (AvgIpc) is 2.65. The number of aliphatic imine (C=N–C) groups is 1. The second-order valence-electron chi connectivity index (χ2n) is 3.48. The first-order chi connectivity index (χ1) is 7.65. The molecule has 1 atom stereocenters. The second-order valence-corrected chi connectivity index (χ2v) is 4.39. The molecule has 0 saturated heterocycles. The summed E-state index contributed by atoms with van der Waals surface area (Å²) in [6, 6.07) is 7.67. The molecule has 1 N–H and O–H groups in total. The van der Waals surface area contributed by atoms with Crippen molar-refractivity contribution in [3.8, 4) is 0 Å². The third-order valence-corrected chi connectivity index (χ3v) is 2.74. The summed E-state index contributed by atoms with van der Waals surface area (Å²) in [6.07, 6.45) is -0.148. The summed E-state index contributed by atoms with van der Waals surface area (Å²) in [5.41, 5.74) is 1.02. The Hall–Kier alpha value is -1.36. The number of rotatable bonds is 3. The first kappa shape index (κ1) is 11.1. The van der Waals surface area contributed by atoms with Gasteiger partial charge in [0.15, 0.2) is 5.90 Å². The van der Waals surface area contributed by atoms with E-state index in [1.807, 2.05) is 24.3 Å². The van der Waals surface area contributed by atoms with Gasteiger partial charge in [-0.2, -0.15) is 0 Å². The maximum absolute atomic E-state index is 10.5. The molecule has 1 heterocycles. The normalized spacial score (nSPS) is 19.1. The van der Waals surface area contributed by atoms with Gasteiger partial charge in [-0.3, -0.25) is 4.79 Å². The number of ether oxygens (including phenoxy) is 1. The highest BCUT2D eigenvalue weighted by molar-refractivity contribution is 9.10. The van der Waals surface area contributed by atoms with Crippen LogP contribution < -0.4 is 0 Å². The fourth-order valence-electron chi connectivity index (χ4n) is 1.53. The Kier molecular flexibility index (Phi) is 3.24. The Bertz CT molecular complexity index is 445. The largest absolute Gasteiger partial charge is 0.481 e. The zero-order valence-electron chi connectivity index (χ0n) is 8.39. The summed E-state index contributed by atoms with van der Waals surface area (Å²) >= 11 is 3.38. The molecular weight excluding hydrogens is 274 g/mol. The monoisotopic (exact) mass is 283 g/mol. The lowest BCUT2D eigenvalue weighted by molar-refractivity contribution is -0.135. The van der Waals surface area contributed by atoms with Crippen LogP contribution in [0.25, 0.3) is 0 Å². The lowest BCUT2D eigenvalue weighted by atomic mass is 10.1. The Morgan fingerprint density at radius 2 is 2.44 bits per heavy atom. The number of halogens is 1. The molecule has 16 heavy (non-hydrogen) atoms. The van der Waals surface area contributed by atoms with Crippen molar-refractivity contribution in [2.45, 2.75) is 12.5 Å². The molecule has 0 amide bonds. The Balaban J connectivity index is 2.13. The maximum atomic E-state index is 10.5. The lowest BCUT2D eigenvalue weighted by Gasteiger charge is -2.04. The number of benzene rings is 1. The van der Waals surface area contributed by atoms with Gasteiger partial charge in [-0.15, -0.1) is 0 Å². The van der Waals surface area contributed by atoms with Gasteiger partial charge in [-0.05, 0) is 17.7 Å². The summed E-state index contributed by atoms with van der Waals surface area (Å²) in [4.78, 5) is 14.7. The molecule has 0 aliphatic carbocycles. The molecule has 0 fully saturated rings. The highest BCUT2D eigenvalue weighted by atomic mass is 79.9. The van der Waals surface area contributed by atoms with E-state index in [1.165, 1.54) is 0 Å². The number of hydrogen-bond acceptors (Lipinski definition) is 3. The lowest BCUT2D eigenvalue weighted by Crippen LogP contribution is -2.06. The van der Waals surface area contributed by atoms with Gasteiger partial charge >= 0.3 is 5.97 Å². The van der Waals surface area contributed by atoms with Crippen molar-refractivity contribution >= 4 is 27.8 Å². The molecule has 0 radical (unpaired) electrons. The number of aliphatic carboxylic acids is 1. The van der Waals surface area contributed by atoms with Crippen molar-refractivity contribution in [2.75, 3.05) is 6.61 Å². The van der Waals surface area contributed by atoms with Crippen LogP contribution in [-0.2, 0) is 9.53 Å². The van der Waals surface area contributed by atoms with Gasteiger partial charge in [-0.25, -0.2) is 4.99 Å². The van der Waals surface area contributed by atoms with Crippen LogP contribution in [0.1, 0.15) is 18.0 Å². The number of carboxylic acid groups (broad SMARTS) is 1.